The fourth-order valence-electron chi connectivity index (χ4n) is 3.49. The van der Waals surface area contributed by atoms with Gasteiger partial charge in [-0.15, -0.1) is 0 Å². The number of hydrogen-bond acceptors (Lipinski definition) is 5. The summed E-state index contributed by atoms with van der Waals surface area (Å²) in [5.41, 5.74) is 1.61. The van der Waals surface area contributed by atoms with Gasteiger partial charge in [-0.1, -0.05) is 12.1 Å². The molecule has 1 aliphatic heterocycles. The number of rotatable bonds is 5. The number of carbonyl (C=O) groups is 2. The van der Waals surface area contributed by atoms with E-state index in [0.29, 0.717) is 18.5 Å². The lowest BCUT2D eigenvalue weighted by Crippen LogP contribution is -2.37. The average molecular weight is 384 g/mol. The van der Waals surface area contributed by atoms with Gasteiger partial charge in [0.05, 0.1) is 25.3 Å². The Morgan fingerprint density at radius 1 is 1.22 bits per heavy atom. The maximum Gasteiger partial charge on any atom is 0.414 e. The maximum atomic E-state index is 12.2. The van der Waals surface area contributed by atoms with E-state index in [-0.39, 0.29) is 19.0 Å². The summed E-state index contributed by atoms with van der Waals surface area (Å²) in [4.78, 5) is 24.3. The Hall–Kier alpha value is -2.26. The normalized spacial score (nSPS) is 28.3. The number of nitrogens with zero attached hydrogens (tertiary/aromatic N) is 1. The molecule has 0 bridgehead atoms. The van der Waals surface area contributed by atoms with Crippen LogP contribution in [0.4, 0.5) is 19.3 Å². The van der Waals surface area contributed by atoms with E-state index in [1.165, 1.54) is 4.90 Å². The summed E-state index contributed by atoms with van der Waals surface area (Å²) in [6.45, 7) is -0.0260. The van der Waals surface area contributed by atoms with Gasteiger partial charge < -0.3 is 20.3 Å². The Bertz CT molecular complexity index is 685. The Labute approximate surface area is 154 Å². The fraction of sp³-hybridized carbons (Fsp3) is 0.556. The van der Waals surface area contributed by atoms with E-state index in [9.17, 15) is 28.6 Å². The zero-order valence-corrected chi connectivity index (χ0v) is 14.6. The first-order chi connectivity index (χ1) is 12.8. The van der Waals surface area contributed by atoms with E-state index in [1.807, 2.05) is 17.4 Å². The van der Waals surface area contributed by atoms with Crippen molar-refractivity contribution in [3.05, 3.63) is 29.8 Å². The van der Waals surface area contributed by atoms with E-state index < -0.39 is 36.7 Å². The standard InChI is InChI=1S/C18H22F2N2O5/c19-16(20)17(25)21-8-13-9-22(18(26)27-13)12-4-1-10(2-5-12)11-3-6-14(23)15(24)7-11/h1-2,4-5,11,13-16,23-24H,3,6-9H2,(H,21,25). The van der Waals surface area contributed by atoms with Gasteiger partial charge in [-0.3, -0.25) is 9.69 Å². The Kier molecular flexibility index (Phi) is 5.91. The molecule has 3 N–H and O–H groups in total. The predicted molar refractivity (Wildman–Crippen MR) is 91.7 cm³/mol. The van der Waals surface area contributed by atoms with Crippen molar-refractivity contribution in [3.8, 4) is 0 Å². The second kappa shape index (κ2) is 8.18. The molecule has 2 aliphatic rings. The molecule has 1 aromatic rings. The van der Waals surface area contributed by atoms with Gasteiger partial charge in [-0.05, 0) is 42.9 Å². The Morgan fingerprint density at radius 2 is 1.93 bits per heavy atom. The number of halogens is 2. The number of ether oxygens (including phenoxy) is 1. The van der Waals surface area contributed by atoms with Crippen molar-refractivity contribution in [2.75, 3.05) is 18.0 Å². The molecular weight excluding hydrogens is 362 g/mol. The number of nitrogens with one attached hydrogen (secondary N) is 1. The van der Waals surface area contributed by atoms with Gasteiger partial charge in [0.15, 0.2) is 0 Å². The molecule has 1 saturated heterocycles. The Morgan fingerprint density at radius 3 is 2.56 bits per heavy atom. The average Bonchev–Trinajstić information content (AvgIpc) is 3.02. The molecule has 2 amide bonds. The van der Waals surface area contributed by atoms with E-state index >= 15 is 0 Å². The van der Waals surface area contributed by atoms with Crippen LogP contribution in [0.25, 0.3) is 0 Å². The molecule has 2 fully saturated rings. The minimum absolute atomic E-state index is 0.139. The lowest BCUT2D eigenvalue weighted by atomic mass is 9.81. The number of benzene rings is 1. The minimum atomic E-state index is -3.11. The van der Waals surface area contributed by atoms with Crippen molar-refractivity contribution in [3.63, 3.8) is 0 Å². The summed E-state index contributed by atoms with van der Waals surface area (Å²) in [5.74, 6) is -1.26. The van der Waals surface area contributed by atoms with Crippen LogP contribution in [0.15, 0.2) is 24.3 Å². The van der Waals surface area contributed by atoms with E-state index in [4.69, 9.17) is 4.74 Å². The van der Waals surface area contributed by atoms with Gasteiger partial charge in [-0.25, -0.2) is 4.79 Å². The van der Waals surface area contributed by atoms with Crippen molar-refractivity contribution in [1.82, 2.24) is 5.32 Å². The lowest BCUT2D eigenvalue weighted by Gasteiger charge is -2.30. The van der Waals surface area contributed by atoms with Gasteiger partial charge in [0.2, 0.25) is 0 Å². The highest BCUT2D eigenvalue weighted by molar-refractivity contribution is 5.89. The third-order valence-corrected chi connectivity index (χ3v) is 5.03. The van der Waals surface area contributed by atoms with Crippen LogP contribution >= 0.6 is 0 Å². The van der Waals surface area contributed by atoms with E-state index in [1.54, 1.807) is 12.1 Å². The molecule has 27 heavy (non-hydrogen) atoms. The summed E-state index contributed by atoms with van der Waals surface area (Å²) < 4.78 is 29.5. The van der Waals surface area contributed by atoms with E-state index in [0.717, 1.165) is 12.0 Å². The first-order valence-electron chi connectivity index (χ1n) is 8.85. The van der Waals surface area contributed by atoms with Gasteiger partial charge >= 0.3 is 12.5 Å². The number of amides is 2. The lowest BCUT2D eigenvalue weighted by molar-refractivity contribution is -0.132. The van der Waals surface area contributed by atoms with Crippen molar-refractivity contribution < 1.29 is 33.3 Å². The van der Waals surface area contributed by atoms with Crippen LogP contribution in [0.2, 0.25) is 0 Å². The number of cyclic esters (lactones) is 1. The zero-order chi connectivity index (χ0) is 19.6. The largest absolute Gasteiger partial charge is 0.442 e. The molecule has 4 atom stereocenters. The Balaban J connectivity index is 1.58. The molecule has 1 saturated carbocycles. The number of hydrogen-bond donors (Lipinski definition) is 3. The minimum Gasteiger partial charge on any atom is -0.442 e. The SMILES string of the molecule is O=C(NCC1CN(c2ccc(C3CCC(O)C(O)C3)cc2)C(=O)O1)C(F)F. The number of alkyl halides is 2. The number of anilines is 1. The summed E-state index contributed by atoms with van der Waals surface area (Å²) in [6, 6.07) is 7.25. The highest BCUT2D eigenvalue weighted by Crippen LogP contribution is 2.34. The molecule has 1 aliphatic carbocycles. The maximum absolute atomic E-state index is 12.2. The molecule has 1 aromatic carbocycles. The molecule has 0 radical (unpaired) electrons. The van der Waals surface area contributed by atoms with Crippen LogP contribution in [0.1, 0.15) is 30.7 Å². The third-order valence-electron chi connectivity index (χ3n) is 5.03. The molecular formula is C18H22F2N2O5. The van der Waals surface area contributed by atoms with Crippen molar-refractivity contribution in [2.45, 2.75) is 49.9 Å². The molecule has 4 unspecified atom stereocenters. The van der Waals surface area contributed by atoms with Gasteiger partial charge in [0.1, 0.15) is 6.10 Å². The highest BCUT2D eigenvalue weighted by Gasteiger charge is 2.33. The van der Waals surface area contributed by atoms with Crippen molar-refractivity contribution in [2.24, 2.45) is 0 Å². The van der Waals surface area contributed by atoms with Crippen LogP contribution in [0, 0.1) is 0 Å². The second-order valence-corrected chi connectivity index (χ2v) is 6.90. The van der Waals surface area contributed by atoms with Crippen molar-refractivity contribution in [1.29, 1.82) is 0 Å². The van der Waals surface area contributed by atoms with Gasteiger partial charge in [-0.2, -0.15) is 8.78 Å². The summed E-state index contributed by atoms with van der Waals surface area (Å²) in [7, 11) is 0. The first-order valence-corrected chi connectivity index (χ1v) is 8.85. The van der Waals surface area contributed by atoms with Crippen LogP contribution in [0.3, 0.4) is 0 Å². The van der Waals surface area contributed by atoms with Crippen molar-refractivity contribution >= 4 is 17.7 Å². The van der Waals surface area contributed by atoms with Crippen LogP contribution in [0.5, 0.6) is 0 Å². The van der Waals surface area contributed by atoms with Gasteiger partial charge in [0.25, 0.3) is 5.91 Å². The first kappa shape index (κ1) is 19.5. The smallest absolute Gasteiger partial charge is 0.414 e. The zero-order valence-electron chi connectivity index (χ0n) is 14.6. The third kappa shape index (κ3) is 4.54. The summed E-state index contributed by atoms with van der Waals surface area (Å²) >= 11 is 0. The molecule has 1 heterocycles. The second-order valence-electron chi connectivity index (χ2n) is 6.90. The quantitative estimate of drug-likeness (QED) is 0.712. The molecule has 7 nitrogen and oxygen atoms in total. The molecule has 0 aromatic heterocycles. The molecule has 3 rings (SSSR count). The van der Waals surface area contributed by atoms with Gasteiger partial charge in [0, 0.05) is 5.69 Å². The highest BCUT2D eigenvalue weighted by atomic mass is 19.3. The van der Waals surface area contributed by atoms with Crippen LogP contribution in [-0.2, 0) is 9.53 Å². The summed E-state index contributed by atoms with van der Waals surface area (Å²) in [5, 5.41) is 21.5. The number of aliphatic hydroxyl groups excluding tert-OH is 2. The van der Waals surface area contributed by atoms with E-state index in [2.05, 4.69) is 0 Å². The molecule has 148 valence electrons. The fourth-order valence-corrected chi connectivity index (χ4v) is 3.49. The number of aliphatic hydroxyl groups is 2. The number of carbonyl (C=O) groups excluding carboxylic acids is 2. The topological polar surface area (TPSA) is 99.1 Å². The van der Waals surface area contributed by atoms with Crippen LogP contribution in [-0.4, -0.2) is 60.0 Å². The molecule has 0 spiro atoms. The molecule has 9 heteroatoms. The predicted octanol–water partition coefficient (Wildman–Crippen LogP) is 1.38. The summed E-state index contributed by atoms with van der Waals surface area (Å²) in [6.07, 6.45) is -4.02. The van der Waals surface area contributed by atoms with Crippen LogP contribution < -0.4 is 10.2 Å². The monoisotopic (exact) mass is 384 g/mol.